The minimum Gasteiger partial charge on any atom is -0.492 e. The molecule has 2 aliphatic rings. The van der Waals surface area contributed by atoms with Gasteiger partial charge in [-0.25, -0.2) is 0 Å². The van der Waals surface area contributed by atoms with Crippen LogP contribution in [0.5, 0.6) is 5.75 Å². The molecule has 3 rings (SSSR count). The average molecular weight is 311 g/mol. The van der Waals surface area contributed by atoms with Crippen molar-refractivity contribution in [2.75, 3.05) is 26.2 Å². The van der Waals surface area contributed by atoms with Crippen molar-refractivity contribution < 1.29 is 4.74 Å². The van der Waals surface area contributed by atoms with Crippen molar-refractivity contribution in [2.24, 2.45) is 0 Å². The van der Waals surface area contributed by atoms with Crippen LogP contribution in [0.4, 0.5) is 0 Å². The third kappa shape index (κ3) is 4.12. The topological polar surface area (TPSA) is 24.5 Å². The number of para-hydroxylation sites is 1. The molecule has 2 bridgehead atoms. The van der Waals surface area contributed by atoms with Crippen molar-refractivity contribution in [1.82, 2.24) is 10.2 Å². The molecule has 2 heterocycles. The molecule has 0 spiro atoms. The van der Waals surface area contributed by atoms with Gasteiger partial charge in [0, 0.05) is 25.2 Å². The van der Waals surface area contributed by atoms with E-state index in [1.54, 1.807) is 0 Å². The molecular formula is C17H27ClN2O. The predicted octanol–water partition coefficient (Wildman–Crippen LogP) is 2.93. The summed E-state index contributed by atoms with van der Waals surface area (Å²) in [6.45, 7) is 8.48. The van der Waals surface area contributed by atoms with Gasteiger partial charge in [-0.15, -0.1) is 12.4 Å². The highest BCUT2D eigenvalue weighted by Gasteiger charge is 2.28. The van der Waals surface area contributed by atoms with Crippen molar-refractivity contribution in [3.8, 4) is 5.75 Å². The predicted molar refractivity (Wildman–Crippen MR) is 89.7 cm³/mol. The Bertz CT molecular complexity index is 446. The molecular weight excluding hydrogens is 284 g/mol. The minimum atomic E-state index is 0. The summed E-state index contributed by atoms with van der Waals surface area (Å²) in [5.41, 5.74) is 2.48. The SMILES string of the molecule is Cc1cccc(C)c1OCCN1CCC2CCC(C1)N2.Cl. The Kier molecular flexibility index (Phi) is 5.91. The number of benzene rings is 1. The van der Waals surface area contributed by atoms with Crippen LogP contribution >= 0.6 is 12.4 Å². The van der Waals surface area contributed by atoms with Gasteiger partial charge >= 0.3 is 0 Å². The van der Waals surface area contributed by atoms with Crippen LogP contribution in [0, 0.1) is 13.8 Å². The van der Waals surface area contributed by atoms with Gasteiger partial charge in [-0.2, -0.15) is 0 Å². The molecule has 21 heavy (non-hydrogen) atoms. The summed E-state index contributed by atoms with van der Waals surface area (Å²) in [4.78, 5) is 2.56. The van der Waals surface area contributed by atoms with Gasteiger partial charge < -0.3 is 10.1 Å². The number of aryl methyl sites for hydroxylation is 2. The summed E-state index contributed by atoms with van der Waals surface area (Å²) in [5.74, 6) is 1.07. The van der Waals surface area contributed by atoms with E-state index in [2.05, 4.69) is 42.3 Å². The fourth-order valence-corrected chi connectivity index (χ4v) is 3.52. The number of likely N-dealkylation sites (tertiary alicyclic amines) is 1. The number of fused-ring (bicyclic) bond motifs is 2. The first kappa shape index (κ1) is 16.6. The number of nitrogens with zero attached hydrogens (tertiary/aromatic N) is 1. The number of rotatable bonds is 4. The van der Waals surface area contributed by atoms with E-state index in [0.29, 0.717) is 6.04 Å². The summed E-state index contributed by atoms with van der Waals surface area (Å²) in [6, 6.07) is 7.82. The quantitative estimate of drug-likeness (QED) is 0.925. The lowest BCUT2D eigenvalue weighted by atomic mass is 10.1. The average Bonchev–Trinajstić information content (AvgIpc) is 2.75. The molecule has 1 aromatic rings. The molecule has 118 valence electrons. The molecule has 2 saturated heterocycles. The molecule has 0 aromatic heterocycles. The Morgan fingerprint density at radius 3 is 2.62 bits per heavy atom. The highest BCUT2D eigenvalue weighted by Crippen LogP contribution is 2.23. The highest BCUT2D eigenvalue weighted by molar-refractivity contribution is 5.85. The van der Waals surface area contributed by atoms with Gasteiger partial charge in [0.25, 0.3) is 0 Å². The lowest BCUT2D eigenvalue weighted by molar-refractivity contribution is 0.200. The van der Waals surface area contributed by atoms with E-state index >= 15 is 0 Å². The molecule has 2 unspecified atom stereocenters. The summed E-state index contributed by atoms with van der Waals surface area (Å²) in [6.07, 6.45) is 4.01. The maximum absolute atomic E-state index is 6.03. The normalized spacial score (nSPS) is 25.2. The van der Waals surface area contributed by atoms with E-state index in [0.717, 1.165) is 24.9 Å². The monoisotopic (exact) mass is 310 g/mol. The molecule has 4 heteroatoms. The van der Waals surface area contributed by atoms with Crippen LogP contribution in [0.1, 0.15) is 30.4 Å². The van der Waals surface area contributed by atoms with Crippen molar-refractivity contribution >= 4 is 12.4 Å². The molecule has 0 radical (unpaired) electrons. The highest BCUT2D eigenvalue weighted by atomic mass is 35.5. The zero-order valence-corrected chi connectivity index (χ0v) is 13.9. The third-order valence-corrected chi connectivity index (χ3v) is 4.67. The van der Waals surface area contributed by atoms with Gasteiger partial charge in [-0.3, -0.25) is 4.90 Å². The number of hydrogen-bond acceptors (Lipinski definition) is 3. The molecule has 2 atom stereocenters. The third-order valence-electron chi connectivity index (χ3n) is 4.67. The van der Waals surface area contributed by atoms with Gasteiger partial charge in [-0.05, 0) is 50.8 Å². The number of hydrogen-bond donors (Lipinski definition) is 1. The van der Waals surface area contributed by atoms with E-state index in [1.807, 2.05) is 0 Å². The van der Waals surface area contributed by atoms with E-state index in [1.165, 1.54) is 43.5 Å². The van der Waals surface area contributed by atoms with Crippen LogP contribution in [-0.4, -0.2) is 43.2 Å². The summed E-state index contributed by atoms with van der Waals surface area (Å²) in [5, 5.41) is 3.73. The van der Waals surface area contributed by atoms with Crippen LogP contribution in [-0.2, 0) is 0 Å². The van der Waals surface area contributed by atoms with Crippen molar-refractivity contribution in [1.29, 1.82) is 0 Å². The van der Waals surface area contributed by atoms with Gasteiger partial charge in [-0.1, -0.05) is 18.2 Å². The van der Waals surface area contributed by atoms with Gasteiger partial charge in [0.2, 0.25) is 0 Å². The lowest BCUT2D eigenvalue weighted by Crippen LogP contribution is -2.37. The first-order valence-corrected chi connectivity index (χ1v) is 7.90. The maximum atomic E-state index is 6.03. The van der Waals surface area contributed by atoms with Gasteiger partial charge in [0.1, 0.15) is 12.4 Å². The summed E-state index contributed by atoms with van der Waals surface area (Å²) >= 11 is 0. The van der Waals surface area contributed by atoms with Crippen LogP contribution in [0.2, 0.25) is 0 Å². The standard InChI is InChI=1S/C17H26N2O.ClH/c1-13-4-3-5-14(2)17(13)20-11-10-19-9-8-15-6-7-16(12-19)18-15;/h3-5,15-16,18H,6-12H2,1-2H3;1H. The van der Waals surface area contributed by atoms with E-state index in [4.69, 9.17) is 4.74 Å². The Hall–Kier alpha value is -0.770. The molecule has 1 aromatic carbocycles. The first-order valence-electron chi connectivity index (χ1n) is 7.90. The summed E-state index contributed by atoms with van der Waals surface area (Å²) < 4.78 is 6.03. The smallest absolute Gasteiger partial charge is 0.125 e. The number of nitrogens with one attached hydrogen (secondary N) is 1. The van der Waals surface area contributed by atoms with Crippen molar-refractivity contribution in [3.63, 3.8) is 0 Å². The Labute approximate surface area is 134 Å². The lowest BCUT2D eigenvalue weighted by Gasteiger charge is -2.24. The van der Waals surface area contributed by atoms with E-state index in [9.17, 15) is 0 Å². The molecule has 0 amide bonds. The molecule has 1 N–H and O–H groups in total. The van der Waals surface area contributed by atoms with Crippen molar-refractivity contribution in [3.05, 3.63) is 29.3 Å². The molecule has 0 aliphatic carbocycles. The van der Waals surface area contributed by atoms with Crippen molar-refractivity contribution in [2.45, 2.75) is 45.2 Å². The Morgan fingerprint density at radius 1 is 1.14 bits per heavy atom. The largest absolute Gasteiger partial charge is 0.492 e. The summed E-state index contributed by atoms with van der Waals surface area (Å²) in [7, 11) is 0. The zero-order chi connectivity index (χ0) is 13.9. The van der Waals surface area contributed by atoms with Gasteiger partial charge in [0.15, 0.2) is 0 Å². The minimum absolute atomic E-state index is 0. The molecule has 3 nitrogen and oxygen atoms in total. The number of ether oxygens (including phenoxy) is 1. The number of halogens is 1. The molecule has 2 aliphatic heterocycles. The fourth-order valence-electron chi connectivity index (χ4n) is 3.52. The van der Waals surface area contributed by atoms with Crippen LogP contribution in [0.15, 0.2) is 18.2 Å². The second kappa shape index (κ2) is 7.48. The van der Waals surface area contributed by atoms with Crippen LogP contribution in [0.25, 0.3) is 0 Å². The maximum Gasteiger partial charge on any atom is 0.125 e. The van der Waals surface area contributed by atoms with E-state index < -0.39 is 0 Å². The molecule has 2 fully saturated rings. The fraction of sp³-hybridized carbons (Fsp3) is 0.647. The zero-order valence-electron chi connectivity index (χ0n) is 13.1. The van der Waals surface area contributed by atoms with Crippen LogP contribution in [0.3, 0.4) is 0 Å². The second-order valence-electron chi connectivity index (χ2n) is 6.30. The Morgan fingerprint density at radius 2 is 1.86 bits per heavy atom. The second-order valence-corrected chi connectivity index (χ2v) is 6.30. The molecule has 0 saturated carbocycles. The first-order chi connectivity index (χ1) is 9.72. The van der Waals surface area contributed by atoms with E-state index in [-0.39, 0.29) is 12.4 Å². The van der Waals surface area contributed by atoms with Crippen LogP contribution < -0.4 is 10.1 Å². The Balaban J connectivity index is 0.00000161. The van der Waals surface area contributed by atoms with Gasteiger partial charge in [0.05, 0.1) is 0 Å².